The molecule has 0 radical (unpaired) electrons. The molecule has 1 aromatic heterocycles. The zero-order chi connectivity index (χ0) is 23.4. The number of esters is 1. The Morgan fingerprint density at radius 3 is 2.19 bits per heavy atom. The van der Waals surface area contributed by atoms with Crippen LogP contribution in [0.5, 0.6) is 0 Å². The molecule has 0 bridgehead atoms. The molecular formula is C25H26N2O4S. The lowest BCUT2D eigenvalue weighted by Gasteiger charge is -2.15. The van der Waals surface area contributed by atoms with Gasteiger partial charge in [0.2, 0.25) is 5.91 Å². The lowest BCUT2D eigenvalue weighted by molar-refractivity contribution is -0.116. The molecule has 7 heteroatoms. The zero-order valence-electron chi connectivity index (χ0n) is 18.8. The van der Waals surface area contributed by atoms with Crippen LogP contribution >= 0.6 is 11.8 Å². The summed E-state index contributed by atoms with van der Waals surface area (Å²) >= 11 is 1.47. The van der Waals surface area contributed by atoms with E-state index in [-0.39, 0.29) is 17.7 Å². The van der Waals surface area contributed by atoms with E-state index >= 15 is 0 Å². The number of hydrogen-bond acceptors (Lipinski definition) is 5. The molecule has 6 nitrogen and oxygen atoms in total. The maximum atomic E-state index is 12.9. The number of methoxy groups -OCH3 is 1. The van der Waals surface area contributed by atoms with Gasteiger partial charge in [-0.3, -0.25) is 9.59 Å². The van der Waals surface area contributed by atoms with Crippen molar-refractivity contribution < 1.29 is 19.1 Å². The minimum absolute atomic E-state index is 0.0316. The van der Waals surface area contributed by atoms with Crippen LogP contribution in [0.25, 0.3) is 5.69 Å². The average molecular weight is 451 g/mol. The van der Waals surface area contributed by atoms with Gasteiger partial charge in [0, 0.05) is 47.2 Å². The molecule has 3 rings (SSSR count). The van der Waals surface area contributed by atoms with Crippen LogP contribution in [-0.4, -0.2) is 42.1 Å². The molecule has 0 saturated carbocycles. The van der Waals surface area contributed by atoms with E-state index in [1.807, 2.05) is 60.9 Å². The average Bonchev–Trinajstić information content (AvgIpc) is 3.10. The van der Waals surface area contributed by atoms with Crippen LogP contribution in [0, 0.1) is 13.8 Å². The fraction of sp³-hybridized carbons (Fsp3) is 0.240. The molecule has 0 atom stereocenters. The van der Waals surface area contributed by atoms with Crippen molar-refractivity contribution >= 4 is 35.1 Å². The van der Waals surface area contributed by atoms with E-state index in [2.05, 4.69) is 0 Å². The predicted octanol–water partition coefficient (Wildman–Crippen LogP) is 4.84. The number of ether oxygens (including phenoxy) is 1. The molecule has 0 aliphatic heterocycles. The normalized spacial score (nSPS) is 10.7. The quantitative estimate of drug-likeness (QED) is 0.293. The maximum absolute atomic E-state index is 12.9. The van der Waals surface area contributed by atoms with Gasteiger partial charge in [0.1, 0.15) is 0 Å². The van der Waals surface area contributed by atoms with Crippen molar-refractivity contribution in [3.05, 3.63) is 77.1 Å². The Morgan fingerprint density at radius 1 is 1.00 bits per heavy atom. The predicted molar refractivity (Wildman–Crippen MR) is 127 cm³/mol. The molecule has 3 aromatic rings. The summed E-state index contributed by atoms with van der Waals surface area (Å²) in [5.41, 5.74) is 4.65. The van der Waals surface area contributed by atoms with Crippen molar-refractivity contribution in [2.24, 2.45) is 0 Å². The molecule has 0 N–H and O–H groups in total. The fourth-order valence-corrected chi connectivity index (χ4v) is 4.26. The van der Waals surface area contributed by atoms with Gasteiger partial charge in [-0.2, -0.15) is 0 Å². The summed E-state index contributed by atoms with van der Waals surface area (Å²) in [4.78, 5) is 38.6. The van der Waals surface area contributed by atoms with Gasteiger partial charge in [0.15, 0.2) is 5.78 Å². The van der Waals surface area contributed by atoms with Crippen LogP contribution in [0.3, 0.4) is 0 Å². The number of hydrogen-bond donors (Lipinski definition) is 0. The van der Waals surface area contributed by atoms with E-state index in [0.29, 0.717) is 16.9 Å². The van der Waals surface area contributed by atoms with Gasteiger partial charge < -0.3 is 14.2 Å². The van der Waals surface area contributed by atoms with Gasteiger partial charge in [-0.1, -0.05) is 0 Å². The second-order valence-corrected chi connectivity index (χ2v) is 8.49. The van der Waals surface area contributed by atoms with Crippen molar-refractivity contribution in [1.82, 2.24) is 4.57 Å². The van der Waals surface area contributed by atoms with E-state index in [4.69, 9.17) is 4.74 Å². The topological polar surface area (TPSA) is 68.6 Å². The van der Waals surface area contributed by atoms with E-state index in [9.17, 15) is 14.4 Å². The summed E-state index contributed by atoms with van der Waals surface area (Å²) in [7, 11) is 3.08. The van der Waals surface area contributed by atoms with Crippen LogP contribution in [0.2, 0.25) is 0 Å². The van der Waals surface area contributed by atoms with Gasteiger partial charge >= 0.3 is 5.97 Å². The number of benzene rings is 2. The monoisotopic (exact) mass is 450 g/mol. The third kappa shape index (κ3) is 4.94. The minimum Gasteiger partial charge on any atom is -0.465 e. The highest BCUT2D eigenvalue weighted by Crippen LogP contribution is 2.26. The summed E-state index contributed by atoms with van der Waals surface area (Å²) in [5.74, 6) is -0.0549. The molecule has 1 heterocycles. The van der Waals surface area contributed by atoms with Crippen molar-refractivity contribution in [1.29, 1.82) is 0 Å². The number of nitrogens with zero attached hydrogens (tertiary/aromatic N) is 2. The van der Waals surface area contributed by atoms with E-state index in [1.165, 1.54) is 25.8 Å². The number of aryl methyl sites for hydroxylation is 1. The largest absolute Gasteiger partial charge is 0.465 e. The van der Waals surface area contributed by atoms with Gasteiger partial charge in [-0.05, 0) is 68.4 Å². The molecule has 0 aliphatic carbocycles. The first-order valence-corrected chi connectivity index (χ1v) is 11.1. The number of carbonyl (C=O) groups is 3. The molecule has 0 fully saturated rings. The highest BCUT2D eigenvalue weighted by molar-refractivity contribution is 8.00. The molecular weight excluding hydrogens is 424 g/mol. The Hall–Kier alpha value is -3.32. The SMILES string of the molecule is COC(=O)c1ccc(-n2c(C)cc(C(=O)CSc3ccc(N(C)C(C)=O)cc3)c2C)cc1. The Kier molecular flexibility index (Phi) is 7.20. The van der Waals surface area contributed by atoms with Crippen molar-refractivity contribution in [2.75, 3.05) is 24.8 Å². The highest BCUT2D eigenvalue weighted by Gasteiger charge is 2.17. The van der Waals surface area contributed by atoms with Crippen LogP contribution in [0.15, 0.2) is 59.5 Å². The van der Waals surface area contributed by atoms with E-state index in [0.717, 1.165) is 27.7 Å². The summed E-state index contributed by atoms with van der Waals surface area (Å²) in [5, 5.41) is 0. The third-order valence-corrected chi connectivity index (χ3v) is 6.36. The summed E-state index contributed by atoms with van der Waals surface area (Å²) in [6.07, 6.45) is 0. The van der Waals surface area contributed by atoms with E-state index in [1.54, 1.807) is 24.1 Å². The minimum atomic E-state index is -0.383. The number of anilines is 1. The standard InChI is InChI=1S/C25H26N2O4S/c1-16-14-23(17(2)27(16)21-8-6-19(7-9-21)25(30)31-5)24(29)15-32-22-12-10-20(11-13-22)26(4)18(3)28/h6-14H,15H2,1-5H3. The number of ketones is 1. The number of Topliss-reactive ketones (excluding diaryl/α,β-unsaturated/α-hetero) is 1. The van der Waals surface area contributed by atoms with Crippen molar-refractivity contribution in [2.45, 2.75) is 25.7 Å². The Labute approximate surface area is 192 Å². The van der Waals surface area contributed by atoms with Crippen molar-refractivity contribution in [3.8, 4) is 5.69 Å². The number of aromatic nitrogens is 1. The Balaban J connectivity index is 1.73. The first-order chi connectivity index (χ1) is 15.2. The second-order valence-electron chi connectivity index (χ2n) is 7.44. The van der Waals surface area contributed by atoms with Crippen LogP contribution < -0.4 is 4.90 Å². The van der Waals surface area contributed by atoms with Gasteiger partial charge in [-0.25, -0.2) is 4.79 Å². The number of thioether (sulfide) groups is 1. The Bertz CT molecular complexity index is 1150. The second kappa shape index (κ2) is 9.87. The third-order valence-electron chi connectivity index (χ3n) is 5.34. The van der Waals surface area contributed by atoms with Crippen LogP contribution in [0.1, 0.15) is 39.0 Å². The smallest absolute Gasteiger partial charge is 0.337 e. The maximum Gasteiger partial charge on any atom is 0.337 e. The molecule has 0 unspecified atom stereocenters. The van der Waals surface area contributed by atoms with Gasteiger partial charge in [0.25, 0.3) is 0 Å². The first kappa shape index (κ1) is 23.3. The number of amides is 1. The molecule has 1 amide bonds. The van der Waals surface area contributed by atoms with Gasteiger partial charge in [-0.15, -0.1) is 11.8 Å². The van der Waals surface area contributed by atoms with Crippen LogP contribution in [-0.2, 0) is 9.53 Å². The summed E-state index contributed by atoms with van der Waals surface area (Å²) < 4.78 is 6.75. The lowest BCUT2D eigenvalue weighted by Crippen LogP contribution is -2.22. The van der Waals surface area contributed by atoms with Gasteiger partial charge in [0.05, 0.1) is 18.4 Å². The molecule has 2 aromatic carbocycles. The zero-order valence-corrected chi connectivity index (χ0v) is 19.7. The van der Waals surface area contributed by atoms with E-state index < -0.39 is 0 Å². The summed E-state index contributed by atoms with van der Waals surface area (Å²) in [6, 6.07) is 16.6. The fourth-order valence-electron chi connectivity index (χ4n) is 3.48. The van der Waals surface area contributed by atoms with Crippen LogP contribution in [0.4, 0.5) is 5.69 Å². The number of rotatable bonds is 7. The highest BCUT2D eigenvalue weighted by atomic mass is 32.2. The number of carbonyl (C=O) groups excluding carboxylic acids is 3. The summed E-state index contributed by atoms with van der Waals surface area (Å²) in [6.45, 7) is 5.40. The molecule has 32 heavy (non-hydrogen) atoms. The van der Waals surface area contributed by atoms with Crippen molar-refractivity contribution in [3.63, 3.8) is 0 Å². The molecule has 0 spiro atoms. The molecule has 0 saturated heterocycles. The lowest BCUT2D eigenvalue weighted by atomic mass is 10.2. The first-order valence-electron chi connectivity index (χ1n) is 10.1. The molecule has 166 valence electrons. The Morgan fingerprint density at radius 2 is 1.62 bits per heavy atom. The molecule has 0 aliphatic rings.